The average molecular weight is 270 g/mol. The minimum absolute atomic E-state index is 0.476. The summed E-state index contributed by atoms with van der Waals surface area (Å²) in [6, 6.07) is 17.2. The van der Waals surface area contributed by atoms with Crippen LogP contribution in [-0.4, -0.2) is 13.1 Å². The molecule has 0 aromatic heterocycles. The van der Waals surface area contributed by atoms with E-state index in [2.05, 4.69) is 60.4 Å². The number of nitrogens with two attached hydrogens (primary N) is 1. The zero-order valence-electron chi connectivity index (χ0n) is 11.0. The molecule has 0 amide bonds. The summed E-state index contributed by atoms with van der Waals surface area (Å²) in [5, 5.41) is 0. The van der Waals surface area contributed by atoms with Gasteiger partial charge in [0, 0.05) is 16.3 Å². The number of fused-ring (bicyclic) bond motifs is 2. The van der Waals surface area contributed by atoms with Crippen molar-refractivity contribution in [3.05, 3.63) is 48.5 Å². The summed E-state index contributed by atoms with van der Waals surface area (Å²) in [5.74, 6) is 0.476. The zero-order chi connectivity index (χ0) is 13.2. The van der Waals surface area contributed by atoms with Crippen LogP contribution in [-0.2, 0) is 0 Å². The first kappa shape index (κ1) is 12.6. The fourth-order valence-electron chi connectivity index (χ4n) is 2.36. The maximum absolute atomic E-state index is 5.80. The van der Waals surface area contributed by atoms with Gasteiger partial charge in [-0.2, -0.15) is 0 Å². The van der Waals surface area contributed by atoms with Crippen LogP contribution in [0.25, 0.3) is 0 Å². The molecule has 3 rings (SSSR count). The maximum atomic E-state index is 5.80. The molecule has 3 heteroatoms. The van der Waals surface area contributed by atoms with Gasteiger partial charge in [-0.15, -0.1) is 0 Å². The van der Waals surface area contributed by atoms with Crippen LogP contribution in [0.15, 0.2) is 58.3 Å². The largest absolute Gasteiger partial charge is 0.339 e. The Bertz CT molecular complexity index is 537. The summed E-state index contributed by atoms with van der Waals surface area (Å²) in [5.41, 5.74) is 8.39. The van der Waals surface area contributed by atoms with Gasteiger partial charge in [-0.05, 0) is 36.7 Å². The Morgan fingerprint density at radius 3 is 2.05 bits per heavy atom. The molecule has 0 saturated carbocycles. The van der Waals surface area contributed by atoms with Crippen molar-refractivity contribution >= 4 is 23.1 Å². The number of rotatable bonds is 3. The molecule has 0 spiro atoms. The van der Waals surface area contributed by atoms with E-state index < -0.39 is 0 Å². The van der Waals surface area contributed by atoms with Crippen LogP contribution in [0.4, 0.5) is 11.4 Å². The molecule has 0 unspecified atom stereocenters. The average Bonchev–Trinajstić information content (AvgIpc) is 2.46. The minimum atomic E-state index is 0.476. The van der Waals surface area contributed by atoms with Gasteiger partial charge in [-0.25, -0.2) is 0 Å². The number of hydrogen-bond donors (Lipinski definition) is 1. The third-order valence-corrected chi connectivity index (χ3v) is 4.56. The molecular weight excluding hydrogens is 252 g/mol. The number of benzene rings is 2. The second-order valence-electron chi connectivity index (χ2n) is 4.99. The Kier molecular flexibility index (Phi) is 3.49. The summed E-state index contributed by atoms with van der Waals surface area (Å²) in [7, 11) is 0. The number of nitrogens with zero attached hydrogens (tertiary/aromatic N) is 1. The predicted octanol–water partition coefficient (Wildman–Crippen LogP) is 3.88. The lowest BCUT2D eigenvalue weighted by Crippen LogP contribution is -2.29. The molecule has 98 valence electrons. The second kappa shape index (κ2) is 5.27. The standard InChI is InChI=1S/C16H18N2S/c1-12(10-17)11-18-13-6-2-4-8-15(13)19-16-9-5-3-7-14(16)18/h2-9,12H,10-11,17H2,1H3/t12-/m0/s1. The van der Waals surface area contributed by atoms with Crippen molar-refractivity contribution in [3.8, 4) is 0 Å². The predicted molar refractivity (Wildman–Crippen MR) is 82.2 cm³/mol. The number of para-hydroxylation sites is 2. The van der Waals surface area contributed by atoms with Crippen LogP contribution in [0.2, 0.25) is 0 Å². The highest BCUT2D eigenvalue weighted by Crippen LogP contribution is 2.47. The van der Waals surface area contributed by atoms with Gasteiger partial charge >= 0.3 is 0 Å². The first-order valence-corrected chi connectivity index (χ1v) is 7.44. The second-order valence-corrected chi connectivity index (χ2v) is 6.07. The molecule has 1 atom stereocenters. The van der Waals surface area contributed by atoms with E-state index in [-0.39, 0.29) is 0 Å². The molecular formula is C16H18N2S. The lowest BCUT2D eigenvalue weighted by Gasteiger charge is -2.34. The van der Waals surface area contributed by atoms with Crippen LogP contribution in [0.1, 0.15) is 6.92 Å². The van der Waals surface area contributed by atoms with Gasteiger partial charge < -0.3 is 10.6 Å². The highest BCUT2D eigenvalue weighted by Gasteiger charge is 2.23. The van der Waals surface area contributed by atoms with Gasteiger partial charge in [0.2, 0.25) is 0 Å². The van der Waals surface area contributed by atoms with Crippen LogP contribution in [0, 0.1) is 5.92 Å². The fraction of sp³-hybridized carbons (Fsp3) is 0.250. The van der Waals surface area contributed by atoms with Crippen LogP contribution in [0.3, 0.4) is 0 Å². The quantitative estimate of drug-likeness (QED) is 0.917. The van der Waals surface area contributed by atoms with E-state index in [0.29, 0.717) is 12.5 Å². The Morgan fingerprint density at radius 1 is 1.00 bits per heavy atom. The third kappa shape index (κ3) is 2.36. The SMILES string of the molecule is C[C@@H](CN)CN1c2ccccc2Sc2ccccc21. The lowest BCUT2D eigenvalue weighted by molar-refractivity contribution is 0.597. The molecule has 2 nitrogen and oxygen atoms in total. The first-order valence-electron chi connectivity index (χ1n) is 6.63. The van der Waals surface area contributed by atoms with Gasteiger partial charge in [0.05, 0.1) is 11.4 Å². The van der Waals surface area contributed by atoms with E-state index in [1.807, 2.05) is 11.8 Å². The van der Waals surface area contributed by atoms with Crippen LogP contribution in [0.5, 0.6) is 0 Å². The summed E-state index contributed by atoms with van der Waals surface area (Å²) < 4.78 is 0. The molecule has 0 aliphatic carbocycles. The van der Waals surface area contributed by atoms with E-state index in [0.717, 1.165) is 6.54 Å². The fourth-order valence-corrected chi connectivity index (χ4v) is 3.46. The van der Waals surface area contributed by atoms with Crippen LogP contribution < -0.4 is 10.6 Å². The summed E-state index contributed by atoms with van der Waals surface area (Å²) in [4.78, 5) is 5.05. The van der Waals surface area contributed by atoms with Gasteiger partial charge in [0.1, 0.15) is 0 Å². The molecule has 0 saturated heterocycles. The summed E-state index contributed by atoms with van der Waals surface area (Å²) in [6.07, 6.45) is 0. The molecule has 2 N–H and O–H groups in total. The summed E-state index contributed by atoms with van der Waals surface area (Å²) >= 11 is 1.85. The van der Waals surface area contributed by atoms with E-state index in [4.69, 9.17) is 5.73 Å². The van der Waals surface area contributed by atoms with Crippen molar-refractivity contribution in [2.75, 3.05) is 18.0 Å². The molecule has 2 aromatic rings. The monoisotopic (exact) mass is 270 g/mol. The van der Waals surface area contributed by atoms with Crippen molar-refractivity contribution in [1.29, 1.82) is 0 Å². The van der Waals surface area contributed by atoms with E-state index in [9.17, 15) is 0 Å². The van der Waals surface area contributed by atoms with E-state index in [1.54, 1.807) is 0 Å². The van der Waals surface area contributed by atoms with Gasteiger partial charge in [-0.3, -0.25) is 0 Å². The zero-order valence-corrected chi connectivity index (χ0v) is 11.9. The van der Waals surface area contributed by atoms with Crippen molar-refractivity contribution < 1.29 is 0 Å². The molecule has 1 heterocycles. The van der Waals surface area contributed by atoms with Gasteiger partial charge in [-0.1, -0.05) is 43.0 Å². The normalized spacial score (nSPS) is 14.7. The van der Waals surface area contributed by atoms with Gasteiger partial charge in [0.25, 0.3) is 0 Å². The molecule has 1 aliphatic heterocycles. The Labute approximate surface area is 118 Å². The highest BCUT2D eigenvalue weighted by molar-refractivity contribution is 7.99. The molecule has 0 fully saturated rings. The van der Waals surface area contributed by atoms with Gasteiger partial charge in [0.15, 0.2) is 0 Å². The number of anilines is 2. The van der Waals surface area contributed by atoms with E-state index >= 15 is 0 Å². The highest BCUT2D eigenvalue weighted by atomic mass is 32.2. The molecule has 19 heavy (non-hydrogen) atoms. The Morgan fingerprint density at radius 2 is 1.53 bits per heavy atom. The first-order chi connectivity index (χ1) is 9.29. The topological polar surface area (TPSA) is 29.3 Å². The Balaban J connectivity index is 2.06. The third-order valence-electron chi connectivity index (χ3n) is 3.43. The molecule has 1 aliphatic rings. The number of hydrogen-bond acceptors (Lipinski definition) is 3. The van der Waals surface area contributed by atoms with Crippen molar-refractivity contribution in [1.82, 2.24) is 0 Å². The smallest absolute Gasteiger partial charge is 0.0552 e. The Hall–Kier alpha value is -1.45. The minimum Gasteiger partial charge on any atom is -0.339 e. The van der Waals surface area contributed by atoms with E-state index in [1.165, 1.54) is 21.2 Å². The van der Waals surface area contributed by atoms with Crippen molar-refractivity contribution in [2.24, 2.45) is 11.7 Å². The summed E-state index contributed by atoms with van der Waals surface area (Å²) in [6.45, 7) is 3.88. The van der Waals surface area contributed by atoms with Crippen molar-refractivity contribution in [3.63, 3.8) is 0 Å². The molecule has 0 radical (unpaired) electrons. The van der Waals surface area contributed by atoms with Crippen molar-refractivity contribution in [2.45, 2.75) is 16.7 Å². The molecule has 2 aromatic carbocycles. The van der Waals surface area contributed by atoms with Crippen LogP contribution >= 0.6 is 11.8 Å². The lowest BCUT2D eigenvalue weighted by atomic mass is 10.1. The molecule has 0 bridgehead atoms. The maximum Gasteiger partial charge on any atom is 0.0552 e.